The van der Waals surface area contributed by atoms with Crippen molar-refractivity contribution >= 4 is 28.7 Å². The number of primary amides is 1. The molecule has 2 aliphatic heterocycles. The van der Waals surface area contributed by atoms with Gasteiger partial charge in [-0.2, -0.15) is 0 Å². The van der Waals surface area contributed by atoms with Crippen LogP contribution in [0.5, 0.6) is 0 Å². The first kappa shape index (κ1) is 22.9. The first-order chi connectivity index (χ1) is 15.2. The average molecular weight is 445 g/mol. The van der Waals surface area contributed by atoms with Crippen molar-refractivity contribution < 1.29 is 24.5 Å². The topological polar surface area (TPSA) is 165 Å². The Morgan fingerprint density at radius 3 is 1.84 bits per heavy atom. The fraction of sp³-hybridized carbons (Fsp3) is 0.350. The van der Waals surface area contributed by atoms with Crippen LogP contribution in [0.2, 0.25) is 0 Å². The lowest BCUT2D eigenvalue weighted by molar-refractivity contribution is -0.385. The average Bonchev–Trinajstić information content (AvgIpc) is 2.71. The van der Waals surface area contributed by atoms with Gasteiger partial charge in [0.05, 0.1) is 22.1 Å². The Balaban J connectivity index is 0.000000186. The van der Waals surface area contributed by atoms with E-state index in [1.807, 2.05) is 9.80 Å². The van der Waals surface area contributed by atoms with E-state index in [4.69, 9.17) is 15.6 Å². The number of aliphatic hydroxyl groups excluding tert-OH is 1. The molecular weight excluding hydrogens is 422 g/mol. The number of benzene rings is 2. The predicted molar refractivity (Wildman–Crippen MR) is 116 cm³/mol. The van der Waals surface area contributed by atoms with Crippen molar-refractivity contribution in [3.63, 3.8) is 0 Å². The van der Waals surface area contributed by atoms with E-state index < -0.39 is 15.8 Å². The van der Waals surface area contributed by atoms with Gasteiger partial charge in [-0.3, -0.25) is 25.0 Å². The van der Waals surface area contributed by atoms with Crippen molar-refractivity contribution in [3.05, 3.63) is 68.8 Å². The Kier molecular flexibility index (Phi) is 7.18. The van der Waals surface area contributed by atoms with Crippen molar-refractivity contribution in [2.24, 2.45) is 5.73 Å². The molecule has 2 aromatic rings. The zero-order valence-corrected chi connectivity index (χ0v) is 17.1. The largest absolute Gasteiger partial charge is 0.389 e. The molecule has 170 valence electrons. The Hall–Kier alpha value is -3.77. The minimum absolute atomic E-state index is 0.0447. The van der Waals surface area contributed by atoms with Gasteiger partial charge in [-0.25, -0.2) is 0 Å². The number of β-amino-alcohol motifs (C(OH)–C–C–N with tert-alkyl or cyclic N) is 1. The third-order valence-electron chi connectivity index (χ3n) is 4.98. The Labute approximate surface area is 183 Å². The number of nitrogens with two attached hydrogens (primary N) is 1. The van der Waals surface area contributed by atoms with Crippen LogP contribution in [0.1, 0.15) is 0 Å². The molecule has 0 saturated carbocycles. The summed E-state index contributed by atoms with van der Waals surface area (Å²) >= 11 is 0. The van der Waals surface area contributed by atoms with Crippen LogP contribution in [0, 0.1) is 20.2 Å². The van der Waals surface area contributed by atoms with Crippen molar-refractivity contribution in [2.75, 3.05) is 42.6 Å². The van der Waals surface area contributed by atoms with Crippen LogP contribution >= 0.6 is 0 Å². The van der Waals surface area contributed by atoms with Crippen LogP contribution in [0.4, 0.5) is 22.7 Å². The summed E-state index contributed by atoms with van der Waals surface area (Å²) in [6.45, 7) is 2.23. The molecular formula is C20H23N5O7. The van der Waals surface area contributed by atoms with Gasteiger partial charge < -0.3 is 25.4 Å². The van der Waals surface area contributed by atoms with Gasteiger partial charge in [0.25, 0.3) is 11.4 Å². The third kappa shape index (κ3) is 5.89. The number of carbonyl (C=O) groups is 1. The minimum atomic E-state index is -0.496. The van der Waals surface area contributed by atoms with Crippen LogP contribution in [0.3, 0.4) is 0 Å². The molecule has 0 aliphatic carbocycles. The standard InChI is InChI=1S/C11H13N3O4.C9H10N2O3/c12-11(15)7-18-10-5-13(6-10)8-2-1-3-9(4-8)14(16)17;12-9-5-10(6-9)7-2-1-3-8(4-7)11(13)14/h1-4,10H,5-7H2,(H2,12,15);1-4,9,12H,5-6H2. The van der Waals surface area contributed by atoms with Gasteiger partial charge in [-0.1, -0.05) is 12.1 Å². The first-order valence-electron chi connectivity index (χ1n) is 9.79. The Morgan fingerprint density at radius 2 is 1.44 bits per heavy atom. The molecule has 12 nitrogen and oxygen atoms in total. The summed E-state index contributed by atoms with van der Waals surface area (Å²) in [6.07, 6.45) is -0.342. The summed E-state index contributed by atoms with van der Waals surface area (Å²) in [4.78, 5) is 34.6. The number of carbonyl (C=O) groups excluding carboxylic acids is 1. The number of rotatable bonds is 7. The van der Waals surface area contributed by atoms with Crippen LogP contribution in [-0.4, -0.2) is 65.9 Å². The molecule has 0 unspecified atom stereocenters. The molecule has 2 saturated heterocycles. The summed E-state index contributed by atoms with van der Waals surface area (Å²) in [5.74, 6) is -0.496. The molecule has 32 heavy (non-hydrogen) atoms. The van der Waals surface area contributed by atoms with Gasteiger partial charge in [0.2, 0.25) is 5.91 Å². The number of amides is 1. The maximum Gasteiger partial charge on any atom is 0.271 e. The zero-order chi connectivity index (χ0) is 23.3. The lowest BCUT2D eigenvalue weighted by Crippen LogP contribution is -2.53. The van der Waals surface area contributed by atoms with Crippen molar-refractivity contribution in [1.29, 1.82) is 0 Å². The fourth-order valence-corrected chi connectivity index (χ4v) is 3.23. The molecule has 2 aromatic carbocycles. The molecule has 0 radical (unpaired) electrons. The van der Waals surface area contributed by atoms with E-state index >= 15 is 0 Å². The number of hydrogen-bond acceptors (Lipinski definition) is 9. The van der Waals surface area contributed by atoms with E-state index in [1.54, 1.807) is 24.3 Å². The molecule has 0 spiro atoms. The van der Waals surface area contributed by atoms with E-state index in [9.17, 15) is 25.0 Å². The highest BCUT2D eigenvalue weighted by Crippen LogP contribution is 2.26. The molecule has 2 heterocycles. The number of nitro benzene ring substituents is 2. The molecule has 2 fully saturated rings. The maximum absolute atomic E-state index is 10.6. The first-order valence-corrected chi connectivity index (χ1v) is 9.79. The number of nitrogens with zero attached hydrogens (tertiary/aromatic N) is 4. The van der Waals surface area contributed by atoms with Gasteiger partial charge in [0.15, 0.2) is 0 Å². The maximum atomic E-state index is 10.6. The number of ether oxygens (including phenoxy) is 1. The quantitative estimate of drug-likeness (QED) is 0.468. The van der Waals surface area contributed by atoms with Crippen LogP contribution in [0.25, 0.3) is 0 Å². The van der Waals surface area contributed by atoms with E-state index in [2.05, 4.69) is 0 Å². The van der Waals surface area contributed by atoms with Crippen molar-refractivity contribution in [1.82, 2.24) is 0 Å². The van der Waals surface area contributed by atoms with Crippen LogP contribution in [-0.2, 0) is 9.53 Å². The van der Waals surface area contributed by atoms with Crippen LogP contribution in [0.15, 0.2) is 48.5 Å². The predicted octanol–water partition coefficient (Wildman–Crippen LogP) is 1.06. The summed E-state index contributed by atoms with van der Waals surface area (Å²) in [6, 6.07) is 12.8. The molecule has 0 bridgehead atoms. The molecule has 0 aromatic heterocycles. The number of aliphatic hydroxyl groups is 1. The van der Waals surface area contributed by atoms with Gasteiger partial charge in [-0.05, 0) is 12.1 Å². The molecule has 2 aliphatic rings. The smallest absolute Gasteiger partial charge is 0.271 e. The second-order valence-electron chi connectivity index (χ2n) is 7.42. The Bertz CT molecular complexity index is 990. The molecule has 1 amide bonds. The highest BCUT2D eigenvalue weighted by Gasteiger charge is 2.28. The molecule has 4 rings (SSSR count). The lowest BCUT2D eigenvalue weighted by atomic mass is 10.1. The normalized spacial score (nSPS) is 15.8. The molecule has 12 heteroatoms. The van der Waals surface area contributed by atoms with E-state index in [-0.39, 0.29) is 30.2 Å². The minimum Gasteiger partial charge on any atom is -0.389 e. The van der Waals surface area contributed by atoms with Crippen molar-refractivity contribution in [2.45, 2.75) is 12.2 Å². The van der Waals surface area contributed by atoms with E-state index in [0.717, 1.165) is 11.4 Å². The van der Waals surface area contributed by atoms with Crippen molar-refractivity contribution in [3.8, 4) is 0 Å². The number of anilines is 2. The number of nitro groups is 2. The highest BCUT2D eigenvalue weighted by atomic mass is 16.6. The zero-order valence-electron chi connectivity index (χ0n) is 17.1. The van der Waals surface area contributed by atoms with Crippen LogP contribution < -0.4 is 15.5 Å². The fourth-order valence-electron chi connectivity index (χ4n) is 3.23. The number of hydrogen-bond donors (Lipinski definition) is 2. The van der Waals surface area contributed by atoms with E-state index in [1.165, 1.54) is 24.3 Å². The third-order valence-corrected chi connectivity index (χ3v) is 4.98. The second kappa shape index (κ2) is 10.0. The van der Waals surface area contributed by atoms with Gasteiger partial charge in [0.1, 0.15) is 6.61 Å². The summed E-state index contributed by atoms with van der Waals surface area (Å²) in [5, 5.41) is 30.2. The second-order valence-corrected chi connectivity index (χ2v) is 7.42. The summed E-state index contributed by atoms with van der Waals surface area (Å²) < 4.78 is 5.22. The van der Waals surface area contributed by atoms with E-state index in [0.29, 0.717) is 26.2 Å². The molecule has 0 atom stereocenters. The van der Waals surface area contributed by atoms with Gasteiger partial charge >= 0.3 is 0 Å². The summed E-state index contributed by atoms with van der Waals surface area (Å²) in [7, 11) is 0. The summed E-state index contributed by atoms with van der Waals surface area (Å²) in [5.41, 5.74) is 6.69. The van der Waals surface area contributed by atoms with Gasteiger partial charge in [-0.15, -0.1) is 0 Å². The SMILES string of the molecule is NC(=O)COC1CN(c2cccc([N+](=O)[O-])c2)C1.O=[N+]([O-])c1cccc(N2CC(O)C2)c1. The highest BCUT2D eigenvalue weighted by molar-refractivity contribution is 5.75. The monoisotopic (exact) mass is 445 g/mol. The lowest BCUT2D eigenvalue weighted by Gasteiger charge is -2.40. The number of non-ortho nitro benzene ring substituents is 2. The molecule has 3 N–H and O–H groups in total. The van der Waals surface area contributed by atoms with Gasteiger partial charge in [0, 0.05) is 61.8 Å². The Morgan fingerprint density at radius 1 is 0.969 bits per heavy atom.